The van der Waals surface area contributed by atoms with Crippen LogP contribution in [0.15, 0.2) is 18.2 Å². The van der Waals surface area contributed by atoms with Crippen LogP contribution in [-0.4, -0.2) is 32.6 Å². The third-order valence-corrected chi connectivity index (χ3v) is 2.27. The molecular weight excluding hydrogens is 232 g/mol. The average Bonchev–Trinajstić information content (AvgIpc) is 2.75. The quantitative estimate of drug-likeness (QED) is 0.764. The first kappa shape index (κ1) is 12.2. The first-order chi connectivity index (χ1) is 8.60. The van der Waals surface area contributed by atoms with E-state index in [0.717, 1.165) is 11.8 Å². The van der Waals surface area contributed by atoms with Gasteiger partial charge in [-0.15, -0.1) is 10.2 Å². The molecule has 6 heteroatoms. The van der Waals surface area contributed by atoms with Crippen molar-refractivity contribution >= 4 is 6.29 Å². The van der Waals surface area contributed by atoms with E-state index in [1.165, 1.54) is 4.80 Å². The maximum absolute atomic E-state index is 11.1. The molecule has 1 aromatic heterocycles. The summed E-state index contributed by atoms with van der Waals surface area (Å²) in [6.07, 6.45) is 0.779. The Morgan fingerprint density at radius 1 is 1.39 bits per heavy atom. The summed E-state index contributed by atoms with van der Waals surface area (Å²) in [5.41, 5.74) is 1.22. The summed E-state index contributed by atoms with van der Waals surface area (Å²) in [6, 6.07) is 5.25. The molecule has 0 atom stereocenters. The highest BCUT2D eigenvalue weighted by Gasteiger charge is 2.10. The van der Waals surface area contributed by atoms with Crippen LogP contribution >= 0.6 is 0 Å². The molecule has 6 nitrogen and oxygen atoms in total. The van der Waals surface area contributed by atoms with Gasteiger partial charge >= 0.3 is 0 Å². The zero-order chi connectivity index (χ0) is 13.1. The van der Waals surface area contributed by atoms with Gasteiger partial charge in [0.1, 0.15) is 5.75 Å². The molecule has 1 heterocycles. The van der Waals surface area contributed by atoms with Gasteiger partial charge < -0.3 is 4.74 Å². The van der Waals surface area contributed by atoms with Crippen molar-refractivity contribution in [3.05, 3.63) is 23.8 Å². The fourth-order valence-electron chi connectivity index (χ4n) is 1.54. The molecule has 0 spiro atoms. The number of carbonyl (C=O) groups excluding carboxylic acids is 1. The molecule has 2 rings (SSSR count). The van der Waals surface area contributed by atoms with Crippen LogP contribution in [0.2, 0.25) is 0 Å². The van der Waals surface area contributed by atoms with Crippen LogP contribution in [0.25, 0.3) is 11.4 Å². The molecule has 0 N–H and O–H groups in total. The summed E-state index contributed by atoms with van der Waals surface area (Å²) < 4.78 is 5.54. The number of hydrogen-bond donors (Lipinski definition) is 0. The molecule has 0 aliphatic rings. The molecule has 94 valence electrons. The van der Waals surface area contributed by atoms with Crippen molar-refractivity contribution in [3.63, 3.8) is 0 Å². The van der Waals surface area contributed by atoms with Crippen molar-refractivity contribution in [2.75, 3.05) is 0 Å². The predicted octanol–water partition coefficient (Wildman–Crippen LogP) is 1.48. The van der Waals surface area contributed by atoms with Crippen molar-refractivity contribution in [3.8, 4) is 17.1 Å². The van der Waals surface area contributed by atoms with E-state index in [-0.39, 0.29) is 6.10 Å². The number of rotatable bonds is 4. The van der Waals surface area contributed by atoms with E-state index in [1.807, 2.05) is 19.9 Å². The van der Waals surface area contributed by atoms with Crippen LogP contribution < -0.4 is 4.74 Å². The lowest BCUT2D eigenvalue weighted by atomic mass is 10.1. The average molecular weight is 246 g/mol. The summed E-state index contributed by atoms with van der Waals surface area (Å²) in [6.45, 7) is 3.82. The van der Waals surface area contributed by atoms with Crippen molar-refractivity contribution < 1.29 is 9.53 Å². The lowest BCUT2D eigenvalue weighted by molar-refractivity contribution is 0.111. The van der Waals surface area contributed by atoms with Gasteiger partial charge in [-0.05, 0) is 37.3 Å². The fraction of sp³-hybridized carbons (Fsp3) is 0.333. The van der Waals surface area contributed by atoms with E-state index in [4.69, 9.17) is 4.74 Å². The molecule has 0 radical (unpaired) electrons. The number of aromatic nitrogens is 4. The van der Waals surface area contributed by atoms with Gasteiger partial charge in [0.15, 0.2) is 6.29 Å². The molecule has 0 saturated heterocycles. The highest BCUT2D eigenvalue weighted by atomic mass is 16.5. The van der Waals surface area contributed by atoms with Crippen LogP contribution in [-0.2, 0) is 7.05 Å². The molecule has 0 bridgehead atoms. The van der Waals surface area contributed by atoms with E-state index < -0.39 is 0 Å². The zero-order valence-electron chi connectivity index (χ0n) is 10.5. The molecule has 0 aliphatic heterocycles. The first-order valence-corrected chi connectivity index (χ1v) is 5.60. The smallest absolute Gasteiger partial charge is 0.204 e. The molecule has 2 aromatic rings. The monoisotopic (exact) mass is 246 g/mol. The molecule has 0 unspecified atom stereocenters. The second-order valence-corrected chi connectivity index (χ2v) is 4.14. The summed E-state index contributed by atoms with van der Waals surface area (Å²) in [7, 11) is 1.69. The lowest BCUT2D eigenvalue weighted by Crippen LogP contribution is -2.07. The third kappa shape index (κ3) is 2.53. The predicted molar refractivity (Wildman–Crippen MR) is 65.4 cm³/mol. The minimum atomic E-state index is 0.0178. The molecule has 1 aromatic carbocycles. The van der Waals surface area contributed by atoms with Gasteiger partial charge in [-0.2, -0.15) is 4.80 Å². The number of nitrogens with zero attached hydrogens (tertiary/aromatic N) is 4. The van der Waals surface area contributed by atoms with Crippen LogP contribution in [0.5, 0.6) is 5.75 Å². The van der Waals surface area contributed by atoms with Crippen LogP contribution in [0.4, 0.5) is 0 Å². The highest BCUT2D eigenvalue weighted by Crippen LogP contribution is 2.24. The first-order valence-electron chi connectivity index (χ1n) is 5.60. The van der Waals surface area contributed by atoms with Gasteiger partial charge in [-0.25, -0.2) is 0 Å². The Labute approximate surface area is 105 Å². The van der Waals surface area contributed by atoms with Gasteiger partial charge in [0.2, 0.25) is 5.82 Å². The zero-order valence-corrected chi connectivity index (χ0v) is 10.5. The van der Waals surface area contributed by atoms with Gasteiger partial charge in [0.25, 0.3) is 0 Å². The van der Waals surface area contributed by atoms with E-state index in [0.29, 0.717) is 17.1 Å². The Kier molecular flexibility index (Phi) is 3.36. The number of hydrogen-bond acceptors (Lipinski definition) is 5. The maximum atomic E-state index is 11.1. The number of ether oxygens (including phenoxy) is 1. The Balaban J connectivity index is 2.38. The number of aryl methyl sites for hydroxylation is 1. The second kappa shape index (κ2) is 4.95. The number of benzene rings is 1. The maximum Gasteiger partial charge on any atom is 0.204 e. The molecule has 0 aliphatic carbocycles. The normalized spacial score (nSPS) is 10.7. The topological polar surface area (TPSA) is 69.9 Å². The van der Waals surface area contributed by atoms with Gasteiger partial charge in [0, 0.05) is 5.56 Å². The lowest BCUT2D eigenvalue weighted by Gasteiger charge is -2.11. The van der Waals surface area contributed by atoms with E-state index in [9.17, 15) is 4.79 Å². The van der Waals surface area contributed by atoms with Crippen molar-refractivity contribution in [2.24, 2.45) is 7.05 Å². The molecule has 18 heavy (non-hydrogen) atoms. The number of aldehydes is 1. The Morgan fingerprint density at radius 2 is 2.17 bits per heavy atom. The minimum Gasteiger partial charge on any atom is -0.490 e. The minimum absolute atomic E-state index is 0.0178. The summed E-state index contributed by atoms with van der Waals surface area (Å²) in [4.78, 5) is 12.4. The fourth-order valence-corrected chi connectivity index (χ4v) is 1.54. The van der Waals surface area contributed by atoms with Crippen LogP contribution in [0.1, 0.15) is 24.2 Å². The van der Waals surface area contributed by atoms with Crippen molar-refractivity contribution in [2.45, 2.75) is 20.0 Å². The molecule has 0 amide bonds. The van der Waals surface area contributed by atoms with Crippen LogP contribution in [0, 0.1) is 0 Å². The van der Waals surface area contributed by atoms with E-state index in [1.54, 1.807) is 19.2 Å². The van der Waals surface area contributed by atoms with E-state index in [2.05, 4.69) is 15.4 Å². The van der Waals surface area contributed by atoms with Gasteiger partial charge in [0.05, 0.1) is 18.7 Å². The largest absolute Gasteiger partial charge is 0.490 e. The standard InChI is InChI=1S/C12H14N4O2/c1-8(2)18-11-5-4-9(6-10(11)7-17)12-13-15-16(3)14-12/h4-8H,1-3H3. The van der Waals surface area contributed by atoms with Gasteiger partial charge in [-0.1, -0.05) is 0 Å². The third-order valence-electron chi connectivity index (χ3n) is 2.27. The molecule has 0 saturated carbocycles. The Morgan fingerprint density at radius 3 is 2.72 bits per heavy atom. The van der Waals surface area contributed by atoms with E-state index >= 15 is 0 Å². The summed E-state index contributed by atoms with van der Waals surface area (Å²) in [5, 5.41) is 11.7. The second-order valence-electron chi connectivity index (χ2n) is 4.14. The summed E-state index contributed by atoms with van der Waals surface area (Å²) >= 11 is 0. The van der Waals surface area contributed by atoms with Crippen LogP contribution in [0.3, 0.4) is 0 Å². The molecular formula is C12H14N4O2. The number of tetrazole rings is 1. The SMILES string of the molecule is CC(C)Oc1ccc(-c2nnn(C)n2)cc1C=O. The van der Waals surface area contributed by atoms with Crippen molar-refractivity contribution in [1.29, 1.82) is 0 Å². The Hall–Kier alpha value is -2.24. The molecule has 0 fully saturated rings. The van der Waals surface area contributed by atoms with Gasteiger partial charge in [-0.3, -0.25) is 4.79 Å². The Bertz CT molecular complexity index is 563. The number of carbonyl (C=O) groups is 1. The summed E-state index contributed by atoms with van der Waals surface area (Å²) in [5.74, 6) is 1.05. The van der Waals surface area contributed by atoms with Crippen molar-refractivity contribution in [1.82, 2.24) is 20.2 Å². The highest BCUT2D eigenvalue weighted by molar-refractivity contribution is 5.82.